The number of hydrogen-bond donors (Lipinski definition) is 0. The largest absolute Gasteiger partial charge is 0.373 e. The van der Waals surface area contributed by atoms with E-state index in [4.69, 9.17) is 4.74 Å². The molecular formula is C21H27N5O4. The third-order valence-corrected chi connectivity index (χ3v) is 5.80. The molecule has 3 unspecified atom stereocenters. The molecule has 0 aliphatic carbocycles. The van der Waals surface area contributed by atoms with E-state index in [9.17, 15) is 14.9 Å². The zero-order valence-corrected chi connectivity index (χ0v) is 17.3. The Morgan fingerprint density at radius 3 is 2.73 bits per heavy atom. The van der Waals surface area contributed by atoms with E-state index in [-0.39, 0.29) is 29.8 Å². The Morgan fingerprint density at radius 1 is 1.30 bits per heavy atom. The molecule has 4 rings (SSSR count). The average Bonchev–Trinajstić information content (AvgIpc) is 3.38. The molecule has 9 nitrogen and oxygen atoms in total. The molecule has 2 aliphatic rings. The number of rotatable bonds is 5. The number of carbonyl (C=O) groups excluding carboxylic acids is 1. The number of nitro benzene ring substituents is 1. The van der Waals surface area contributed by atoms with Gasteiger partial charge < -0.3 is 14.2 Å². The lowest BCUT2D eigenvalue weighted by Crippen LogP contribution is -2.50. The minimum atomic E-state index is -0.454. The van der Waals surface area contributed by atoms with E-state index < -0.39 is 4.92 Å². The number of aromatic nitrogens is 2. The normalized spacial score (nSPS) is 24.9. The second-order valence-electron chi connectivity index (χ2n) is 8.20. The van der Waals surface area contributed by atoms with Gasteiger partial charge in [0.25, 0.3) is 11.6 Å². The number of benzene rings is 1. The molecule has 3 atom stereocenters. The van der Waals surface area contributed by atoms with Gasteiger partial charge in [0.1, 0.15) is 5.69 Å². The molecule has 2 aliphatic heterocycles. The molecule has 30 heavy (non-hydrogen) atoms. The lowest BCUT2D eigenvalue weighted by atomic mass is 10.1. The summed E-state index contributed by atoms with van der Waals surface area (Å²) < 4.78 is 7.38. The molecule has 1 aromatic heterocycles. The van der Waals surface area contributed by atoms with Crippen molar-refractivity contribution in [3.05, 3.63) is 52.6 Å². The van der Waals surface area contributed by atoms with Crippen LogP contribution in [0.25, 0.3) is 5.69 Å². The van der Waals surface area contributed by atoms with Gasteiger partial charge >= 0.3 is 0 Å². The maximum atomic E-state index is 13.2. The van der Waals surface area contributed by atoms with Crippen LogP contribution in [0.5, 0.6) is 0 Å². The third-order valence-electron chi connectivity index (χ3n) is 5.80. The van der Waals surface area contributed by atoms with Gasteiger partial charge in [-0.15, -0.1) is 0 Å². The van der Waals surface area contributed by atoms with Gasteiger partial charge in [-0.3, -0.25) is 19.8 Å². The Balaban J connectivity index is 1.53. The van der Waals surface area contributed by atoms with Crippen molar-refractivity contribution in [2.75, 3.05) is 26.2 Å². The number of imidazole rings is 1. The SMILES string of the molecule is CC1CN(CC2CCCN2C(=O)c2ccc(-n3ccnc3)c([N+](=O)[O-])c2)CC(C)O1. The summed E-state index contributed by atoms with van der Waals surface area (Å²) in [5.41, 5.74) is 0.634. The zero-order valence-electron chi connectivity index (χ0n) is 17.3. The summed E-state index contributed by atoms with van der Waals surface area (Å²) in [5.74, 6) is -0.146. The predicted molar refractivity (Wildman–Crippen MR) is 111 cm³/mol. The van der Waals surface area contributed by atoms with Gasteiger partial charge in [-0.25, -0.2) is 4.98 Å². The minimum Gasteiger partial charge on any atom is -0.373 e. The quantitative estimate of drug-likeness (QED) is 0.552. The van der Waals surface area contributed by atoms with Crippen molar-refractivity contribution < 1.29 is 14.5 Å². The number of morpholine rings is 1. The zero-order chi connectivity index (χ0) is 21.3. The first-order valence-corrected chi connectivity index (χ1v) is 10.4. The second-order valence-corrected chi connectivity index (χ2v) is 8.20. The highest BCUT2D eigenvalue weighted by atomic mass is 16.6. The summed E-state index contributed by atoms with van der Waals surface area (Å²) in [6.07, 6.45) is 6.96. The summed E-state index contributed by atoms with van der Waals surface area (Å²) in [5, 5.41) is 11.6. The Bertz CT molecular complexity index is 906. The first-order valence-electron chi connectivity index (χ1n) is 10.4. The number of likely N-dealkylation sites (tertiary alicyclic amines) is 1. The van der Waals surface area contributed by atoms with Crippen LogP contribution in [0, 0.1) is 10.1 Å². The highest BCUT2D eigenvalue weighted by molar-refractivity contribution is 5.95. The second kappa shape index (κ2) is 8.53. The van der Waals surface area contributed by atoms with Crippen LogP contribution in [0.2, 0.25) is 0 Å². The number of nitrogens with zero attached hydrogens (tertiary/aromatic N) is 5. The number of ether oxygens (including phenoxy) is 1. The lowest BCUT2D eigenvalue weighted by Gasteiger charge is -2.38. The Morgan fingerprint density at radius 2 is 2.07 bits per heavy atom. The van der Waals surface area contributed by atoms with Crippen LogP contribution in [0.3, 0.4) is 0 Å². The number of hydrogen-bond acceptors (Lipinski definition) is 6. The van der Waals surface area contributed by atoms with Crippen LogP contribution >= 0.6 is 0 Å². The third kappa shape index (κ3) is 4.22. The fourth-order valence-electron chi connectivity index (χ4n) is 4.61. The van der Waals surface area contributed by atoms with Gasteiger partial charge in [0, 0.05) is 56.2 Å². The van der Waals surface area contributed by atoms with Gasteiger partial charge in [-0.1, -0.05) is 0 Å². The average molecular weight is 413 g/mol. The molecule has 2 saturated heterocycles. The number of nitro groups is 1. The van der Waals surface area contributed by atoms with E-state index in [0.29, 0.717) is 17.8 Å². The lowest BCUT2D eigenvalue weighted by molar-refractivity contribution is -0.384. The molecule has 2 aromatic rings. The molecule has 1 aromatic carbocycles. The number of amides is 1. The van der Waals surface area contributed by atoms with E-state index in [1.165, 1.54) is 12.4 Å². The van der Waals surface area contributed by atoms with Crippen molar-refractivity contribution in [3.63, 3.8) is 0 Å². The van der Waals surface area contributed by atoms with E-state index in [0.717, 1.165) is 32.5 Å². The molecule has 0 spiro atoms. The first-order chi connectivity index (χ1) is 14.4. The van der Waals surface area contributed by atoms with Gasteiger partial charge in [0.05, 0.1) is 23.5 Å². The molecule has 2 fully saturated rings. The van der Waals surface area contributed by atoms with Gasteiger partial charge in [0.15, 0.2) is 0 Å². The fraction of sp³-hybridized carbons (Fsp3) is 0.524. The maximum absolute atomic E-state index is 13.2. The molecule has 0 saturated carbocycles. The smallest absolute Gasteiger partial charge is 0.294 e. The van der Waals surface area contributed by atoms with Crippen LogP contribution in [-0.2, 0) is 4.74 Å². The molecule has 0 bridgehead atoms. The summed E-state index contributed by atoms with van der Waals surface area (Å²) >= 11 is 0. The van der Waals surface area contributed by atoms with Crippen molar-refractivity contribution in [1.29, 1.82) is 0 Å². The van der Waals surface area contributed by atoms with Crippen LogP contribution < -0.4 is 0 Å². The van der Waals surface area contributed by atoms with Gasteiger partial charge in [-0.05, 0) is 38.8 Å². The minimum absolute atomic E-state index is 0.106. The topological polar surface area (TPSA) is 93.7 Å². The van der Waals surface area contributed by atoms with Crippen LogP contribution in [-0.4, -0.2) is 74.6 Å². The summed E-state index contributed by atoms with van der Waals surface area (Å²) in [4.78, 5) is 32.6. The molecular weight excluding hydrogens is 386 g/mol. The molecule has 0 radical (unpaired) electrons. The highest BCUT2D eigenvalue weighted by Crippen LogP contribution is 2.27. The highest BCUT2D eigenvalue weighted by Gasteiger charge is 2.33. The van der Waals surface area contributed by atoms with Crippen LogP contribution in [0.4, 0.5) is 5.69 Å². The summed E-state index contributed by atoms with van der Waals surface area (Å²) in [6.45, 7) is 7.33. The maximum Gasteiger partial charge on any atom is 0.294 e. The van der Waals surface area contributed by atoms with Gasteiger partial charge in [-0.2, -0.15) is 0 Å². The van der Waals surface area contributed by atoms with Crippen molar-refractivity contribution in [1.82, 2.24) is 19.4 Å². The van der Waals surface area contributed by atoms with Crippen molar-refractivity contribution in [3.8, 4) is 5.69 Å². The van der Waals surface area contributed by atoms with Crippen LogP contribution in [0.15, 0.2) is 36.9 Å². The van der Waals surface area contributed by atoms with E-state index in [1.54, 1.807) is 29.1 Å². The molecule has 3 heterocycles. The summed E-state index contributed by atoms with van der Waals surface area (Å²) in [7, 11) is 0. The fourth-order valence-corrected chi connectivity index (χ4v) is 4.61. The Hall–Kier alpha value is -2.78. The van der Waals surface area contributed by atoms with Crippen LogP contribution in [0.1, 0.15) is 37.0 Å². The molecule has 0 N–H and O–H groups in total. The Labute approximate surface area is 175 Å². The molecule has 9 heteroatoms. The van der Waals surface area contributed by atoms with E-state index >= 15 is 0 Å². The Kier molecular flexibility index (Phi) is 5.83. The standard InChI is InChI=1S/C21H27N5O4/c1-15-11-23(12-16(2)30-15)13-18-4-3-8-25(18)21(27)17-5-6-19(20(10-17)26(28)29)24-9-7-22-14-24/h5-7,9-10,14-16,18H,3-4,8,11-13H2,1-2H3. The van der Waals surface area contributed by atoms with E-state index in [1.807, 2.05) is 4.90 Å². The van der Waals surface area contributed by atoms with Gasteiger partial charge in [0.2, 0.25) is 0 Å². The molecule has 1 amide bonds. The van der Waals surface area contributed by atoms with Crippen molar-refractivity contribution in [2.45, 2.75) is 44.9 Å². The predicted octanol–water partition coefficient (Wildman–Crippen LogP) is 2.49. The van der Waals surface area contributed by atoms with Crippen molar-refractivity contribution >= 4 is 11.6 Å². The number of carbonyl (C=O) groups is 1. The molecule has 160 valence electrons. The van der Waals surface area contributed by atoms with Crippen molar-refractivity contribution in [2.24, 2.45) is 0 Å². The monoisotopic (exact) mass is 413 g/mol. The summed E-state index contributed by atoms with van der Waals surface area (Å²) in [6, 6.07) is 4.77. The van der Waals surface area contributed by atoms with E-state index in [2.05, 4.69) is 23.7 Å². The first kappa shape index (κ1) is 20.5.